The Kier molecular flexibility index (Phi) is 3.00. The van der Waals surface area contributed by atoms with Gasteiger partial charge in [-0.15, -0.1) is 0 Å². The minimum Gasteiger partial charge on any atom is -0.325 e. The minimum atomic E-state index is 0.191. The van der Waals surface area contributed by atoms with Gasteiger partial charge < -0.3 is 4.90 Å². The van der Waals surface area contributed by atoms with Crippen LogP contribution >= 0.6 is 0 Å². The fourth-order valence-electron chi connectivity index (χ4n) is 1.29. The average molecular weight is 189 g/mol. The van der Waals surface area contributed by atoms with Crippen LogP contribution in [0.15, 0.2) is 48.5 Å². The van der Waals surface area contributed by atoms with E-state index >= 15 is 0 Å². The van der Waals surface area contributed by atoms with Crippen LogP contribution < -0.4 is 0 Å². The fourth-order valence-corrected chi connectivity index (χ4v) is 1.29. The van der Waals surface area contributed by atoms with E-state index in [-0.39, 0.29) is 5.41 Å². The van der Waals surface area contributed by atoms with Gasteiger partial charge in [-0.3, -0.25) is 0 Å². The molecule has 0 saturated heterocycles. The topological polar surface area (TPSA) is 3.24 Å². The molecular weight excluding hydrogens is 170 g/mol. The molecule has 0 atom stereocenters. The third-order valence-corrected chi connectivity index (χ3v) is 2.24. The van der Waals surface area contributed by atoms with Gasteiger partial charge in [0.25, 0.3) is 0 Å². The molecule has 0 unspecified atom stereocenters. The molecule has 0 amide bonds. The molecule has 0 aromatic carbocycles. The van der Waals surface area contributed by atoms with Gasteiger partial charge in [0.2, 0.25) is 0 Å². The average Bonchev–Trinajstić information content (AvgIpc) is 2.07. The monoisotopic (exact) mass is 189 g/mol. The largest absolute Gasteiger partial charge is 0.325 e. The number of rotatable bonds is 1. The zero-order valence-corrected chi connectivity index (χ0v) is 9.54. The lowest BCUT2D eigenvalue weighted by Gasteiger charge is -2.28. The Morgan fingerprint density at radius 3 is 2.43 bits per heavy atom. The summed E-state index contributed by atoms with van der Waals surface area (Å²) in [5.74, 6) is 0. The summed E-state index contributed by atoms with van der Waals surface area (Å²) in [7, 11) is 0. The summed E-state index contributed by atoms with van der Waals surface area (Å²) in [6.45, 7) is 12.6. The number of hydrogen-bond acceptors (Lipinski definition) is 1. The van der Waals surface area contributed by atoms with Gasteiger partial charge in [-0.1, -0.05) is 39.5 Å². The Morgan fingerprint density at radius 2 is 1.93 bits per heavy atom. The van der Waals surface area contributed by atoms with Crippen molar-refractivity contribution < 1.29 is 0 Å². The zero-order chi connectivity index (χ0) is 10.8. The summed E-state index contributed by atoms with van der Waals surface area (Å²) in [4.78, 5) is 2.06. The normalized spacial score (nSPS) is 17.9. The van der Waals surface area contributed by atoms with Crippen LogP contribution in [-0.2, 0) is 0 Å². The van der Waals surface area contributed by atoms with Crippen molar-refractivity contribution >= 4 is 0 Å². The number of nitrogens with zero attached hydrogens (tertiary/aromatic N) is 1. The molecule has 1 rings (SSSR count). The van der Waals surface area contributed by atoms with Crippen LogP contribution in [0.2, 0.25) is 0 Å². The molecule has 0 aromatic rings. The zero-order valence-electron chi connectivity index (χ0n) is 9.54. The van der Waals surface area contributed by atoms with Crippen LogP contribution in [0.3, 0.4) is 0 Å². The Morgan fingerprint density at radius 1 is 1.29 bits per heavy atom. The van der Waals surface area contributed by atoms with Crippen molar-refractivity contribution in [2.24, 2.45) is 5.41 Å². The molecule has 1 nitrogen and oxygen atoms in total. The SMILES string of the molecule is C=C1C=CC(C(C)(C)C)=CN1/C=C\C. The van der Waals surface area contributed by atoms with Gasteiger partial charge in [-0.05, 0) is 24.0 Å². The summed E-state index contributed by atoms with van der Waals surface area (Å²) in [6.07, 6.45) is 10.4. The molecule has 1 heteroatoms. The summed E-state index contributed by atoms with van der Waals surface area (Å²) in [5, 5.41) is 0. The van der Waals surface area contributed by atoms with Crippen molar-refractivity contribution in [1.82, 2.24) is 4.90 Å². The van der Waals surface area contributed by atoms with Gasteiger partial charge >= 0.3 is 0 Å². The Hall–Kier alpha value is -1.24. The van der Waals surface area contributed by atoms with Gasteiger partial charge in [0, 0.05) is 18.1 Å². The van der Waals surface area contributed by atoms with Crippen LogP contribution in [0.1, 0.15) is 27.7 Å². The van der Waals surface area contributed by atoms with Crippen LogP contribution in [0, 0.1) is 5.41 Å². The first-order valence-corrected chi connectivity index (χ1v) is 4.95. The first-order valence-electron chi connectivity index (χ1n) is 4.95. The van der Waals surface area contributed by atoms with E-state index < -0.39 is 0 Å². The van der Waals surface area contributed by atoms with Crippen molar-refractivity contribution in [2.75, 3.05) is 0 Å². The van der Waals surface area contributed by atoms with Crippen LogP contribution in [0.4, 0.5) is 0 Å². The molecule has 0 aromatic heterocycles. The van der Waals surface area contributed by atoms with Gasteiger partial charge in [0.15, 0.2) is 0 Å². The Bertz CT molecular complexity index is 311. The Balaban J connectivity index is 2.96. The van der Waals surface area contributed by atoms with E-state index in [4.69, 9.17) is 0 Å². The van der Waals surface area contributed by atoms with Crippen LogP contribution in [0.5, 0.6) is 0 Å². The van der Waals surface area contributed by atoms with E-state index in [1.54, 1.807) is 0 Å². The van der Waals surface area contributed by atoms with E-state index in [1.165, 1.54) is 5.57 Å². The predicted molar refractivity (Wildman–Crippen MR) is 62.5 cm³/mol. The van der Waals surface area contributed by atoms with E-state index in [0.29, 0.717) is 0 Å². The van der Waals surface area contributed by atoms with E-state index in [2.05, 4.69) is 50.6 Å². The Labute approximate surface area is 87.1 Å². The third kappa shape index (κ3) is 2.38. The molecular formula is C13H19N. The van der Waals surface area contributed by atoms with E-state index in [9.17, 15) is 0 Å². The fraction of sp³-hybridized carbons (Fsp3) is 0.385. The second kappa shape index (κ2) is 3.87. The lowest BCUT2D eigenvalue weighted by atomic mass is 9.85. The smallest absolute Gasteiger partial charge is 0.0377 e. The highest BCUT2D eigenvalue weighted by atomic mass is 15.1. The highest BCUT2D eigenvalue weighted by Crippen LogP contribution is 2.30. The van der Waals surface area contributed by atoms with Crippen molar-refractivity contribution in [3.8, 4) is 0 Å². The van der Waals surface area contributed by atoms with E-state index in [0.717, 1.165) is 5.70 Å². The van der Waals surface area contributed by atoms with Gasteiger partial charge in [0.05, 0.1) is 0 Å². The second-order valence-electron chi connectivity index (χ2n) is 4.55. The summed E-state index contributed by atoms with van der Waals surface area (Å²) in [6, 6.07) is 0. The molecule has 1 aliphatic heterocycles. The molecule has 0 saturated carbocycles. The molecule has 1 aliphatic rings. The van der Waals surface area contributed by atoms with Gasteiger partial charge in [-0.2, -0.15) is 0 Å². The predicted octanol–water partition coefficient (Wildman–Crippen LogP) is 3.84. The molecule has 76 valence electrons. The van der Waals surface area contributed by atoms with Crippen LogP contribution in [0.25, 0.3) is 0 Å². The molecule has 0 bridgehead atoms. The quantitative estimate of drug-likeness (QED) is 0.606. The maximum Gasteiger partial charge on any atom is 0.0377 e. The lowest BCUT2D eigenvalue weighted by molar-refractivity contribution is 0.494. The third-order valence-electron chi connectivity index (χ3n) is 2.24. The first kappa shape index (κ1) is 10.8. The molecule has 1 heterocycles. The van der Waals surface area contributed by atoms with Gasteiger partial charge in [-0.25, -0.2) is 0 Å². The van der Waals surface area contributed by atoms with Crippen molar-refractivity contribution in [1.29, 1.82) is 0 Å². The standard InChI is InChI=1S/C13H19N/c1-6-9-14-10-12(13(3,4)5)8-7-11(14)2/h6-10H,2H2,1,3-5H3/b9-6-. The highest BCUT2D eigenvalue weighted by Gasteiger charge is 2.18. The molecule has 0 N–H and O–H groups in total. The van der Waals surface area contributed by atoms with E-state index in [1.807, 2.05) is 19.2 Å². The maximum absolute atomic E-state index is 3.97. The number of allylic oxidation sites excluding steroid dienone is 4. The minimum absolute atomic E-state index is 0.191. The summed E-state index contributed by atoms with van der Waals surface area (Å²) >= 11 is 0. The van der Waals surface area contributed by atoms with Crippen molar-refractivity contribution in [3.05, 3.63) is 48.5 Å². The molecule has 0 spiro atoms. The molecule has 0 radical (unpaired) electrons. The van der Waals surface area contributed by atoms with Crippen molar-refractivity contribution in [3.63, 3.8) is 0 Å². The number of hydrogen-bond donors (Lipinski definition) is 0. The molecule has 0 aliphatic carbocycles. The summed E-state index contributed by atoms with van der Waals surface area (Å²) in [5.41, 5.74) is 2.52. The lowest BCUT2D eigenvalue weighted by Crippen LogP contribution is -2.17. The highest BCUT2D eigenvalue weighted by molar-refractivity contribution is 5.36. The molecule has 0 fully saturated rings. The van der Waals surface area contributed by atoms with Gasteiger partial charge in [0.1, 0.15) is 0 Å². The second-order valence-corrected chi connectivity index (χ2v) is 4.55. The molecule has 14 heavy (non-hydrogen) atoms. The maximum atomic E-state index is 3.97. The van der Waals surface area contributed by atoms with Crippen molar-refractivity contribution in [2.45, 2.75) is 27.7 Å². The summed E-state index contributed by atoms with van der Waals surface area (Å²) < 4.78 is 0. The first-order chi connectivity index (χ1) is 6.45. The van der Waals surface area contributed by atoms with Crippen LogP contribution in [-0.4, -0.2) is 4.90 Å².